The largest absolute Gasteiger partial charge is 0.463 e. The number of thioether (sulfide) groups is 2. The fourth-order valence-electron chi connectivity index (χ4n) is 3.33. The number of carbonyl (C=O) groups is 2. The van der Waals surface area contributed by atoms with Gasteiger partial charge in [-0.1, -0.05) is 84.2 Å². The summed E-state index contributed by atoms with van der Waals surface area (Å²) < 4.78 is 4.97. The molecule has 1 aliphatic rings. The summed E-state index contributed by atoms with van der Waals surface area (Å²) in [6.45, 7) is 2.56. The van der Waals surface area contributed by atoms with Crippen molar-refractivity contribution in [1.82, 2.24) is 14.9 Å². The topological polar surface area (TPSA) is 75.3 Å². The van der Waals surface area contributed by atoms with Crippen LogP contribution in [0.2, 0.25) is 0 Å². The Kier molecular flexibility index (Phi) is 7.34. The van der Waals surface area contributed by atoms with Gasteiger partial charge in [-0.15, -0.1) is 0 Å². The molecule has 8 heteroatoms. The lowest BCUT2D eigenvalue weighted by Gasteiger charge is -2.16. The zero-order chi connectivity index (χ0) is 22.3. The van der Waals surface area contributed by atoms with Gasteiger partial charge >= 0.3 is 5.97 Å². The first-order valence-electron chi connectivity index (χ1n) is 10.3. The van der Waals surface area contributed by atoms with E-state index in [0.29, 0.717) is 29.7 Å². The first kappa shape index (κ1) is 22.2. The lowest BCUT2D eigenvalue weighted by molar-refractivity contribution is -0.137. The van der Waals surface area contributed by atoms with E-state index in [1.807, 2.05) is 48.5 Å². The number of aromatic amines is 1. The highest BCUT2D eigenvalue weighted by Gasteiger charge is 2.27. The lowest BCUT2D eigenvalue weighted by Crippen LogP contribution is -2.27. The van der Waals surface area contributed by atoms with Crippen LogP contribution in [0.1, 0.15) is 6.92 Å². The number of ether oxygens (including phenoxy) is 1. The van der Waals surface area contributed by atoms with Gasteiger partial charge in [0.25, 0.3) is 0 Å². The average Bonchev–Trinajstić information content (AvgIpc) is 3.39. The van der Waals surface area contributed by atoms with Crippen LogP contribution in [0.15, 0.2) is 76.9 Å². The third-order valence-electron chi connectivity index (χ3n) is 4.78. The highest BCUT2D eigenvalue weighted by Crippen LogP contribution is 2.33. The molecule has 0 spiro atoms. The minimum atomic E-state index is -0.423. The third-order valence-corrected chi connectivity index (χ3v) is 6.66. The van der Waals surface area contributed by atoms with Gasteiger partial charge in [-0.25, -0.2) is 9.78 Å². The molecule has 1 saturated heterocycles. The second-order valence-electron chi connectivity index (χ2n) is 6.91. The molecule has 4 rings (SSSR count). The Morgan fingerprint density at radius 1 is 1.16 bits per heavy atom. The van der Waals surface area contributed by atoms with Crippen LogP contribution in [-0.2, 0) is 14.3 Å². The number of nitrogens with zero attached hydrogens (tertiary/aromatic N) is 2. The first-order valence-corrected chi connectivity index (χ1v) is 12.3. The number of rotatable bonds is 8. The Bertz CT molecular complexity index is 1060. The van der Waals surface area contributed by atoms with Crippen LogP contribution >= 0.6 is 23.5 Å². The van der Waals surface area contributed by atoms with E-state index in [-0.39, 0.29) is 5.91 Å². The molecule has 2 heterocycles. The summed E-state index contributed by atoms with van der Waals surface area (Å²) in [6, 6.07) is 20.2. The van der Waals surface area contributed by atoms with Crippen molar-refractivity contribution in [3.05, 3.63) is 71.8 Å². The van der Waals surface area contributed by atoms with Gasteiger partial charge in [0.1, 0.15) is 0 Å². The highest BCUT2D eigenvalue weighted by atomic mass is 32.2. The second-order valence-corrected chi connectivity index (χ2v) is 8.99. The van der Waals surface area contributed by atoms with Crippen LogP contribution in [-0.4, -0.2) is 51.4 Å². The lowest BCUT2D eigenvalue weighted by atomic mass is 10.1. The summed E-state index contributed by atoms with van der Waals surface area (Å²) in [5.74, 6) is 0.559. The Hall–Kier alpha value is -2.97. The zero-order valence-electron chi connectivity index (χ0n) is 17.6. The van der Waals surface area contributed by atoms with E-state index in [1.54, 1.807) is 23.6 Å². The average molecular weight is 466 g/mol. The molecule has 164 valence electrons. The Morgan fingerprint density at radius 3 is 2.53 bits per heavy atom. The molecule has 1 aromatic heterocycles. The quantitative estimate of drug-likeness (QED) is 0.292. The smallest absolute Gasteiger partial charge is 0.333 e. The molecule has 2 aromatic carbocycles. The SMILES string of the molecule is CCOC(=O)C=C1SCC(=O)N1CCSc1nc(-c2ccccc2)c(-c2ccccc2)[nH]1. The van der Waals surface area contributed by atoms with Crippen LogP contribution in [0.3, 0.4) is 0 Å². The standard InChI is InChI=1S/C24H23N3O3S2/c1-2-30-21(29)15-20-27(19(28)16-32-20)13-14-31-24-25-22(17-9-5-3-6-10-17)23(26-24)18-11-7-4-8-12-18/h3-12,15H,2,13-14,16H2,1H3,(H,25,26). The number of amides is 1. The fraction of sp³-hybridized carbons (Fsp3) is 0.208. The predicted molar refractivity (Wildman–Crippen MR) is 129 cm³/mol. The summed E-state index contributed by atoms with van der Waals surface area (Å²) in [4.78, 5) is 34.0. The minimum Gasteiger partial charge on any atom is -0.463 e. The molecular formula is C24H23N3O3S2. The van der Waals surface area contributed by atoms with Crippen LogP contribution in [0.5, 0.6) is 0 Å². The fourth-order valence-corrected chi connectivity index (χ4v) is 5.08. The predicted octanol–water partition coefficient (Wildman–Crippen LogP) is 4.82. The Balaban J connectivity index is 1.50. The van der Waals surface area contributed by atoms with Gasteiger partial charge in [-0.05, 0) is 6.92 Å². The van der Waals surface area contributed by atoms with E-state index in [4.69, 9.17) is 9.72 Å². The van der Waals surface area contributed by atoms with Crippen LogP contribution < -0.4 is 0 Å². The molecule has 0 radical (unpaired) electrons. The first-order chi connectivity index (χ1) is 15.7. The number of imidazole rings is 1. The van der Waals surface area contributed by atoms with E-state index in [2.05, 4.69) is 17.1 Å². The molecule has 1 amide bonds. The molecule has 6 nitrogen and oxygen atoms in total. The van der Waals surface area contributed by atoms with Gasteiger partial charge in [-0.2, -0.15) is 0 Å². The number of benzene rings is 2. The number of hydrogen-bond donors (Lipinski definition) is 1. The van der Waals surface area contributed by atoms with Gasteiger partial charge in [0.15, 0.2) is 5.16 Å². The molecule has 1 N–H and O–H groups in total. The Labute approximate surface area is 195 Å². The number of esters is 1. The molecule has 3 aromatic rings. The summed E-state index contributed by atoms with van der Waals surface area (Å²) in [5, 5.41) is 1.43. The Morgan fingerprint density at radius 2 is 1.84 bits per heavy atom. The van der Waals surface area contributed by atoms with E-state index >= 15 is 0 Å². The van der Waals surface area contributed by atoms with Crippen LogP contribution in [0, 0.1) is 0 Å². The number of H-pyrrole nitrogens is 1. The van der Waals surface area contributed by atoms with Crippen molar-refractivity contribution in [2.75, 3.05) is 24.7 Å². The maximum Gasteiger partial charge on any atom is 0.333 e. The van der Waals surface area contributed by atoms with Crippen molar-refractivity contribution in [2.45, 2.75) is 12.1 Å². The molecular weight excluding hydrogens is 442 g/mol. The van der Waals surface area contributed by atoms with Crippen LogP contribution in [0.4, 0.5) is 0 Å². The van der Waals surface area contributed by atoms with Gasteiger partial charge in [0.05, 0.1) is 34.9 Å². The maximum absolute atomic E-state index is 12.3. The van der Waals surface area contributed by atoms with Gasteiger partial charge in [0.2, 0.25) is 5.91 Å². The van der Waals surface area contributed by atoms with Crippen molar-refractivity contribution in [3.63, 3.8) is 0 Å². The monoisotopic (exact) mass is 465 g/mol. The van der Waals surface area contributed by atoms with E-state index in [1.165, 1.54) is 17.8 Å². The maximum atomic E-state index is 12.3. The molecule has 0 saturated carbocycles. The number of hydrogen-bond acceptors (Lipinski definition) is 6. The van der Waals surface area contributed by atoms with Crippen LogP contribution in [0.25, 0.3) is 22.5 Å². The van der Waals surface area contributed by atoms with E-state index < -0.39 is 5.97 Å². The summed E-state index contributed by atoms with van der Waals surface area (Å²) in [6.07, 6.45) is 1.40. The number of nitrogens with one attached hydrogen (secondary N) is 1. The van der Waals surface area contributed by atoms with E-state index in [0.717, 1.165) is 27.7 Å². The molecule has 1 aliphatic heterocycles. The van der Waals surface area contributed by atoms with E-state index in [9.17, 15) is 9.59 Å². The molecule has 1 fully saturated rings. The van der Waals surface area contributed by atoms with Crippen molar-refractivity contribution in [2.24, 2.45) is 0 Å². The van der Waals surface area contributed by atoms with Crippen molar-refractivity contribution < 1.29 is 14.3 Å². The second kappa shape index (κ2) is 10.6. The van der Waals surface area contributed by atoms with Crippen molar-refractivity contribution >= 4 is 35.4 Å². The molecule has 0 atom stereocenters. The summed E-state index contributed by atoms with van der Waals surface area (Å²) >= 11 is 2.92. The highest BCUT2D eigenvalue weighted by molar-refractivity contribution is 8.04. The normalized spacial score (nSPS) is 14.8. The summed E-state index contributed by atoms with van der Waals surface area (Å²) in [5.41, 5.74) is 3.97. The van der Waals surface area contributed by atoms with Gasteiger partial charge in [-0.3, -0.25) is 4.79 Å². The molecule has 32 heavy (non-hydrogen) atoms. The third kappa shape index (κ3) is 5.26. The summed E-state index contributed by atoms with van der Waals surface area (Å²) in [7, 11) is 0. The zero-order valence-corrected chi connectivity index (χ0v) is 19.2. The molecule has 0 unspecified atom stereocenters. The number of carbonyl (C=O) groups excluding carboxylic acids is 2. The van der Waals surface area contributed by atoms with Gasteiger partial charge in [0, 0.05) is 23.4 Å². The number of aromatic nitrogens is 2. The molecule has 0 bridgehead atoms. The van der Waals surface area contributed by atoms with Crippen molar-refractivity contribution in [1.29, 1.82) is 0 Å². The van der Waals surface area contributed by atoms with Crippen molar-refractivity contribution in [3.8, 4) is 22.5 Å². The van der Waals surface area contributed by atoms with Gasteiger partial charge < -0.3 is 14.6 Å². The molecule has 0 aliphatic carbocycles. The minimum absolute atomic E-state index is 0.000502.